The zero-order valence-electron chi connectivity index (χ0n) is 12.9. The zero-order valence-corrected chi connectivity index (χ0v) is 12.9. The molecule has 5 nitrogen and oxygen atoms in total. The third-order valence-electron chi connectivity index (χ3n) is 3.34. The lowest BCUT2D eigenvalue weighted by molar-refractivity contribution is 0.0783. The topological polar surface area (TPSA) is 58.2 Å². The summed E-state index contributed by atoms with van der Waals surface area (Å²) in [4.78, 5) is 14.2. The summed E-state index contributed by atoms with van der Waals surface area (Å²) in [6.07, 6.45) is 0. The fourth-order valence-electron chi connectivity index (χ4n) is 2.26. The molecule has 0 unspecified atom stereocenters. The number of rotatable bonds is 5. The van der Waals surface area contributed by atoms with E-state index in [2.05, 4.69) is 10.2 Å². The molecule has 112 valence electrons. The van der Waals surface area contributed by atoms with Crippen LogP contribution in [0.5, 0.6) is 5.75 Å². The molecule has 0 atom stereocenters. The van der Waals surface area contributed by atoms with Gasteiger partial charge in [-0.2, -0.15) is 5.10 Å². The molecule has 0 spiro atoms. The molecule has 1 N–H and O–H groups in total. The number of nitrogens with zero attached hydrogens (tertiary/aromatic N) is 2. The van der Waals surface area contributed by atoms with Crippen molar-refractivity contribution in [2.24, 2.45) is 0 Å². The van der Waals surface area contributed by atoms with E-state index < -0.39 is 0 Å². The Morgan fingerprint density at radius 2 is 1.95 bits per heavy atom. The lowest BCUT2D eigenvalue weighted by Gasteiger charge is -2.17. The minimum absolute atomic E-state index is 0.0207. The molecule has 2 rings (SSSR count). The van der Waals surface area contributed by atoms with Crippen LogP contribution in [0, 0.1) is 13.8 Å². The molecule has 0 bridgehead atoms. The van der Waals surface area contributed by atoms with Crippen LogP contribution < -0.4 is 4.74 Å². The van der Waals surface area contributed by atoms with Crippen LogP contribution in [-0.4, -0.2) is 34.7 Å². The van der Waals surface area contributed by atoms with Gasteiger partial charge in [-0.05, 0) is 38.5 Å². The summed E-state index contributed by atoms with van der Waals surface area (Å²) in [5, 5.41) is 6.91. The number of carbonyl (C=O) groups excluding carboxylic acids is 1. The van der Waals surface area contributed by atoms with Crippen LogP contribution in [0.3, 0.4) is 0 Å². The maximum absolute atomic E-state index is 12.5. The smallest absolute Gasteiger partial charge is 0.257 e. The number of H-pyrrole nitrogens is 1. The summed E-state index contributed by atoms with van der Waals surface area (Å²) in [5.41, 5.74) is 3.25. The predicted molar refractivity (Wildman–Crippen MR) is 81.5 cm³/mol. The fraction of sp³-hybridized carbons (Fsp3) is 0.375. The molecule has 0 aliphatic heterocycles. The summed E-state index contributed by atoms with van der Waals surface area (Å²) in [5.74, 6) is 0.824. The molecular weight excluding hydrogens is 266 g/mol. The van der Waals surface area contributed by atoms with E-state index in [-0.39, 0.29) is 5.91 Å². The highest BCUT2D eigenvalue weighted by atomic mass is 16.5. The van der Waals surface area contributed by atoms with Crippen molar-refractivity contribution >= 4 is 5.91 Å². The molecule has 1 aromatic heterocycles. The van der Waals surface area contributed by atoms with E-state index in [1.165, 1.54) is 0 Å². The first-order valence-electron chi connectivity index (χ1n) is 7.01. The Balaban J connectivity index is 2.07. The maximum Gasteiger partial charge on any atom is 0.257 e. The number of nitrogens with one attached hydrogen (secondary N) is 1. The Morgan fingerprint density at radius 1 is 1.29 bits per heavy atom. The van der Waals surface area contributed by atoms with E-state index in [1.54, 1.807) is 11.9 Å². The molecule has 0 aliphatic rings. The standard InChI is InChI=1S/C16H21N3O2/c1-5-21-14-8-6-13(7-9-14)10-19(4)16(20)15-11(2)17-18-12(15)3/h6-9H,5,10H2,1-4H3,(H,17,18). The fourth-order valence-corrected chi connectivity index (χ4v) is 2.26. The van der Waals surface area contributed by atoms with Crippen molar-refractivity contribution in [1.82, 2.24) is 15.1 Å². The van der Waals surface area contributed by atoms with Crippen molar-refractivity contribution in [3.05, 3.63) is 46.8 Å². The number of benzene rings is 1. The van der Waals surface area contributed by atoms with Crippen molar-refractivity contribution in [1.29, 1.82) is 0 Å². The molecule has 0 fully saturated rings. The zero-order chi connectivity index (χ0) is 15.4. The van der Waals surface area contributed by atoms with Crippen LogP contribution in [0.4, 0.5) is 0 Å². The van der Waals surface area contributed by atoms with Crippen molar-refractivity contribution in [3.8, 4) is 5.75 Å². The number of hydrogen-bond donors (Lipinski definition) is 1. The molecule has 2 aromatic rings. The second kappa shape index (κ2) is 6.43. The maximum atomic E-state index is 12.5. The molecule has 0 saturated heterocycles. The summed E-state index contributed by atoms with van der Waals surface area (Å²) < 4.78 is 5.41. The number of aromatic amines is 1. The van der Waals surface area contributed by atoms with Gasteiger partial charge in [0.25, 0.3) is 5.91 Å². The van der Waals surface area contributed by atoms with Crippen molar-refractivity contribution < 1.29 is 9.53 Å². The van der Waals surface area contributed by atoms with E-state index in [0.29, 0.717) is 18.7 Å². The second-order valence-electron chi connectivity index (χ2n) is 5.05. The van der Waals surface area contributed by atoms with E-state index in [0.717, 1.165) is 22.7 Å². The summed E-state index contributed by atoms with van der Waals surface area (Å²) in [7, 11) is 1.80. The van der Waals surface area contributed by atoms with Gasteiger partial charge in [-0.1, -0.05) is 12.1 Å². The van der Waals surface area contributed by atoms with Crippen molar-refractivity contribution in [2.75, 3.05) is 13.7 Å². The van der Waals surface area contributed by atoms with Gasteiger partial charge in [0.05, 0.1) is 17.9 Å². The third-order valence-corrected chi connectivity index (χ3v) is 3.34. The molecule has 21 heavy (non-hydrogen) atoms. The Morgan fingerprint density at radius 3 is 2.48 bits per heavy atom. The van der Waals surface area contributed by atoms with E-state index >= 15 is 0 Å². The van der Waals surface area contributed by atoms with E-state index in [1.807, 2.05) is 45.0 Å². The van der Waals surface area contributed by atoms with Gasteiger partial charge in [0, 0.05) is 19.3 Å². The van der Waals surface area contributed by atoms with Gasteiger partial charge in [-0.3, -0.25) is 9.89 Å². The monoisotopic (exact) mass is 287 g/mol. The van der Waals surface area contributed by atoms with Crippen LogP contribution in [0.2, 0.25) is 0 Å². The molecule has 5 heteroatoms. The molecule has 1 amide bonds. The average Bonchev–Trinajstić information content (AvgIpc) is 2.80. The van der Waals surface area contributed by atoms with Gasteiger partial charge in [0.1, 0.15) is 5.75 Å². The predicted octanol–water partition coefficient (Wildman–Crippen LogP) is 2.70. The summed E-state index contributed by atoms with van der Waals surface area (Å²) >= 11 is 0. The number of aromatic nitrogens is 2. The van der Waals surface area contributed by atoms with Crippen LogP contribution >= 0.6 is 0 Å². The highest BCUT2D eigenvalue weighted by Gasteiger charge is 2.19. The Hall–Kier alpha value is -2.30. The van der Waals surface area contributed by atoms with Gasteiger partial charge < -0.3 is 9.64 Å². The van der Waals surface area contributed by atoms with Crippen molar-refractivity contribution in [3.63, 3.8) is 0 Å². The summed E-state index contributed by atoms with van der Waals surface area (Å²) in [6, 6.07) is 7.80. The SMILES string of the molecule is CCOc1ccc(CN(C)C(=O)c2c(C)n[nH]c2C)cc1. The Kier molecular flexibility index (Phi) is 4.62. The highest BCUT2D eigenvalue weighted by molar-refractivity contribution is 5.96. The van der Waals surface area contributed by atoms with Gasteiger partial charge in [0.2, 0.25) is 0 Å². The molecule has 0 saturated carbocycles. The van der Waals surface area contributed by atoms with Gasteiger partial charge in [0.15, 0.2) is 0 Å². The van der Waals surface area contributed by atoms with Crippen LogP contribution in [-0.2, 0) is 6.54 Å². The average molecular weight is 287 g/mol. The first kappa shape index (κ1) is 15.1. The minimum atomic E-state index is -0.0207. The number of hydrogen-bond acceptors (Lipinski definition) is 3. The number of amides is 1. The highest BCUT2D eigenvalue weighted by Crippen LogP contribution is 2.16. The van der Waals surface area contributed by atoms with Gasteiger partial charge in [-0.15, -0.1) is 0 Å². The Labute approximate surface area is 124 Å². The number of aryl methyl sites for hydroxylation is 2. The molecule has 1 aromatic carbocycles. The van der Waals surface area contributed by atoms with Gasteiger partial charge >= 0.3 is 0 Å². The van der Waals surface area contributed by atoms with E-state index in [9.17, 15) is 4.79 Å². The molecule has 1 heterocycles. The minimum Gasteiger partial charge on any atom is -0.494 e. The normalized spacial score (nSPS) is 10.5. The third kappa shape index (κ3) is 3.42. The Bertz CT molecular complexity index is 597. The number of ether oxygens (including phenoxy) is 1. The molecule has 0 radical (unpaired) electrons. The van der Waals surface area contributed by atoms with E-state index in [4.69, 9.17) is 4.74 Å². The quantitative estimate of drug-likeness (QED) is 0.920. The van der Waals surface area contributed by atoms with Crippen LogP contribution in [0.25, 0.3) is 0 Å². The first-order chi connectivity index (χ1) is 10.0. The van der Waals surface area contributed by atoms with Crippen molar-refractivity contribution in [2.45, 2.75) is 27.3 Å². The number of carbonyl (C=O) groups is 1. The molecular formula is C16H21N3O2. The largest absolute Gasteiger partial charge is 0.494 e. The summed E-state index contributed by atoms with van der Waals surface area (Å²) in [6.45, 7) is 6.85. The van der Waals surface area contributed by atoms with Crippen LogP contribution in [0.1, 0.15) is 34.2 Å². The van der Waals surface area contributed by atoms with Gasteiger partial charge in [-0.25, -0.2) is 0 Å². The first-order valence-corrected chi connectivity index (χ1v) is 7.01. The molecule has 0 aliphatic carbocycles. The lowest BCUT2D eigenvalue weighted by Crippen LogP contribution is -2.27. The van der Waals surface area contributed by atoms with Crippen LogP contribution in [0.15, 0.2) is 24.3 Å². The second-order valence-corrected chi connectivity index (χ2v) is 5.05. The lowest BCUT2D eigenvalue weighted by atomic mass is 10.1.